The molecular weight excluding hydrogens is 244 g/mol. The number of nitriles is 1. The average molecular weight is 264 g/mol. The molecule has 1 N–H and O–H groups in total. The van der Waals surface area contributed by atoms with Crippen molar-refractivity contribution in [2.45, 2.75) is 33.7 Å². The first-order valence-corrected chi connectivity index (χ1v) is 7.08. The van der Waals surface area contributed by atoms with Gasteiger partial charge in [0.15, 0.2) is 0 Å². The Labute approximate surface area is 113 Å². The molecule has 0 saturated heterocycles. The second-order valence-corrected chi connectivity index (χ2v) is 6.08. The molecule has 0 saturated carbocycles. The monoisotopic (exact) mass is 264 g/mol. The highest BCUT2D eigenvalue weighted by Crippen LogP contribution is 2.26. The zero-order valence-corrected chi connectivity index (χ0v) is 12.1. The maximum atomic E-state index is 12.1. The van der Waals surface area contributed by atoms with Gasteiger partial charge in [-0.15, -0.1) is 11.3 Å². The molecule has 3 nitrogen and oxygen atoms in total. The zero-order chi connectivity index (χ0) is 13.7. The molecule has 2 atom stereocenters. The number of thiophene rings is 1. The largest absolute Gasteiger partial charge is 0.347 e. The lowest BCUT2D eigenvalue weighted by molar-refractivity contribution is -0.125. The van der Waals surface area contributed by atoms with E-state index < -0.39 is 5.92 Å². The molecule has 0 aromatic carbocycles. The third-order valence-electron chi connectivity index (χ3n) is 2.90. The summed E-state index contributed by atoms with van der Waals surface area (Å²) in [5.74, 6) is -0.406. The normalized spacial score (nSPS) is 14.3. The van der Waals surface area contributed by atoms with Crippen LogP contribution < -0.4 is 5.32 Å². The minimum absolute atomic E-state index is 0.00731. The molecule has 1 amide bonds. The fraction of sp³-hybridized carbons (Fsp3) is 0.571. The van der Waals surface area contributed by atoms with E-state index in [-0.39, 0.29) is 17.9 Å². The molecule has 1 aromatic rings. The molecule has 18 heavy (non-hydrogen) atoms. The van der Waals surface area contributed by atoms with Crippen molar-refractivity contribution in [3.63, 3.8) is 0 Å². The molecule has 0 fully saturated rings. The molecule has 0 bridgehead atoms. The molecule has 2 unspecified atom stereocenters. The Morgan fingerprint density at radius 1 is 1.33 bits per heavy atom. The molecule has 0 radical (unpaired) electrons. The van der Waals surface area contributed by atoms with Gasteiger partial charge >= 0.3 is 0 Å². The van der Waals surface area contributed by atoms with E-state index in [2.05, 4.69) is 25.2 Å². The van der Waals surface area contributed by atoms with Crippen LogP contribution in [0, 0.1) is 29.1 Å². The summed E-state index contributed by atoms with van der Waals surface area (Å²) in [6.45, 7) is 7.93. The standard InChI is InChI=1S/C14H20N2OS/c1-9(2)11(8-15)14(17)16-13(10(3)4)12-6-5-7-18-12/h5-7,9-11,13H,1-4H3,(H,16,17). The second kappa shape index (κ2) is 6.55. The summed E-state index contributed by atoms with van der Waals surface area (Å²) in [7, 11) is 0. The van der Waals surface area contributed by atoms with Crippen LogP contribution in [0.25, 0.3) is 0 Å². The molecule has 1 rings (SSSR count). The van der Waals surface area contributed by atoms with Crippen LogP contribution in [0.5, 0.6) is 0 Å². The van der Waals surface area contributed by atoms with E-state index in [1.807, 2.05) is 31.4 Å². The highest BCUT2D eigenvalue weighted by Gasteiger charge is 2.26. The molecule has 0 aliphatic rings. The van der Waals surface area contributed by atoms with Gasteiger partial charge in [-0.1, -0.05) is 33.8 Å². The minimum atomic E-state index is -0.578. The highest BCUT2D eigenvalue weighted by molar-refractivity contribution is 7.10. The van der Waals surface area contributed by atoms with Gasteiger partial charge in [-0.3, -0.25) is 4.79 Å². The van der Waals surface area contributed by atoms with Crippen molar-refractivity contribution in [3.05, 3.63) is 22.4 Å². The predicted molar refractivity (Wildman–Crippen MR) is 74.0 cm³/mol. The van der Waals surface area contributed by atoms with Gasteiger partial charge in [-0.05, 0) is 23.3 Å². The first kappa shape index (κ1) is 14.7. The van der Waals surface area contributed by atoms with Crippen LogP contribution >= 0.6 is 11.3 Å². The van der Waals surface area contributed by atoms with Crippen LogP contribution in [0.15, 0.2) is 17.5 Å². The zero-order valence-electron chi connectivity index (χ0n) is 11.3. The van der Waals surface area contributed by atoms with Gasteiger partial charge in [0, 0.05) is 4.88 Å². The van der Waals surface area contributed by atoms with Gasteiger partial charge in [0.05, 0.1) is 12.1 Å². The lowest BCUT2D eigenvalue weighted by Crippen LogP contribution is -2.37. The summed E-state index contributed by atoms with van der Waals surface area (Å²) in [4.78, 5) is 13.2. The Bertz CT molecular complexity index is 418. The van der Waals surface area contributed by atoms with Gasteiger partial charge in [0.25, 0.3) is 0 Å². The molecule has 0 aliphatic carbocycles. The first-order valence-electron chi connectivity index (χ1n) is 6.20. The number of nitrogens with zero attached hydrogens (tertiary/aromatic N) is 1. The van der Waals surface area contributed by atoms with E-state index in [1.54, 1.807) is 11.3 Å². The van der Waals surface area contributed by atoms with Crippen molar-refractivity contribution in [1.82, 2.24) is 5.32 Å². The van der Waals surface area contributed by atoms with Crippen LogP contribution in [-0.4, -0.2) is 5.91 Å². The Morgan fingerprint density at radius 3 is 2.39 bits per heavy atom. The van der Waals surface area contributed by atoms with Crippen LogP contribution in [0.4, 0.5) is 0 Å². The number of rotatable bonds is 5. The van der Waals surface area contributed by atoms with Crippen LogP contribution in [0.1, 0.15) is 38.6 Å². The maximum Gasteiger partial charge on any atom is 0.238 e. The minimum Gasteiger partial charge on any atom is -0.347 e. The SMILES string of the molecule is CC(C)C(C#N)C(=O)NC(c1cccs1)C(C)C. The summed E-state index contributed by atoms with van der Waals surface area (Å²) in [5.41, 5.74) is 0. The van der Waals surface area contributed by atoms with Gasteiger partial charge in [-0.25, -0.2) is 0 Å². The quantitative estimate of drug-likeness (QED) is 0.886. The van der Waals surface area contributed by atoms with E-state index >= 15 is 0 Å². The lowest BCUT2D eigenvalue weighted by Gasteiger charge is -2.23. The van der Waals surface area contributed by atoms with Gasteiger partial charge < -0.3 is 5.32 Å². The number of hydrogen-bond acceptors (Lipinski definition) is 3. The van der Waals surface area contributed by atoms with E-state index in [4.69, 9.17) is 5.26 Å². The fourth-order valence-corrected chi connectivity index (χ4v) is 2.74. The van der Waals surface area contributed by atoms with Gasteiger partial charge in [0.2, 0.25) is 5.91 Å². The van der Waals surface area contributed by atoms with Crippen LogP contribution in [-0.2, 0) is 4.79 Å². The van der Waals surface area contributed by atoms with Crippen molar-refractivity contribution in [1.29, 1.82) is 5.26 Å². The van der Waals surface area contributed by atoms with E-state index in [0.717, 1.165) is 4.88 Å². The molecule has 98 valence electrons. The van der Waals surface area contributed by atoms with E-state index in [1.165, 1.54) is 0 Å². The topological polar surface area (TPSA) is 52.9 Å². The number of hydrogen-bond donors (Lipinski definition) is 1. The molecular formula is C14H20N2OS. The first-order chi connectivity index (χ1) is 8.47. The van der Waals surface area contributed by atoms with Crippen molar-refractivity contribution in [3.8, 4) is 6.07 Å². The Morgan fingerprint density at radius 2 is 2.00 bits per heavy atom. The van der Waals surface area contributed by atoms with E-state index in [9.17, 15) is 4.79 Å². The molecule has 4 heteroatoms. The van der Waals surface area contributed by atoms with Gasteiger partial charge in [-0.2, -0.15) is 5.26 Å². The summed E-state index contributed by atoms with van der Waals surface area (Å²) < 4.78 is 0. The number of carbonyl (C=O) groups is 1. The number of nitrogens with one attached hydrogen (secondary N) is 1. The van der Waals surface area contributed by atoms with Crippen molar-refractivity contribution >= 4 is 17.2 Å². The molecule has 1 aromatic heterocycles. The summed E-state index contributed by atoms with van der Waals surface area (Å²) in [6.07, 6.45) is 0. The summed E-state index contributed by atoms with van der Waals surface area (Å²) >= 11 is 1.63. The Hall–Kier alpha value is -1.34. The highest BCUT2D eigenvalue weighted by atomic mass is 32.1. The molecule has 1 heterocycles. The third kappa shape index (κ3) is 3.58. The second-order valence-electron chi connectivity index (χ2n) is 5.10. The van der Waals surface area contributed by atoms with Crippen LogP contribution in [0.3, 0.4) is 0 Å². The average Bonchev–Trinajstić information content (AvgIpc) is 2.78. The Balaban J connectivity index is 2.80. The summed E-state index contributed by atoms with van der Waals surface area (Å²) in [5, 5.41) is 14.0. The third-order valence-corrected chi connectivity index (χ3v) is 3.86. The number of carbonyl (C=O) groups excluding carboxylic acids is 1. The summed E-state index contributed by atoms with van der Waals surface area (Å²) in [6, 6.07) is 6.07. The van der Waals surface area contributed by atoms with Crippen LogP contribution in [0.2, 0.25) is 0 Å². The van der Waals surface area contributed by atoms with Crippen molar-refractivity contribution < 1.29 is 4.79 Å². The van der Waals surface area contributed by atoms with E-state index in [0.29, 0.717) is 5.92 Å². The smallest absolute Gasteiger partial charge is 0.238 e. The van der Waals surface area contributed by atoms with Crippen molar-refractivity contribution in [2.75, 3.05) is 0 Å². The fourth-order valence-electron chi connectivity index (χ4n) is 1.79. The van der Waals surface area contributed by atoms with Gasteiger partial charge in [0.1, 0.15) is 5.92 Å². The molecule has 0 spiro atoms. The number of amides is 1. The maximum absolute atomic E-state index is 12.1. The molecule has 0 aliphatic heterocycles. The Kier molecular flexibility index (Phi) is 5.36. The lowest BCUT2D eigenvalue weighted by atomic mass is 9.95. The predicted octanol–water partition coefficient (Wildman–Crippen LogP) is 3.36. The van der Waals surface area contributed by atoms with Crippen molar-refractivity contribution in [2.24, 2.45) is 17.8 Å².